The Morgan fingerprint density at radius 1 is 1.30 bits per heavy atom. The second-order valence-corrected chi connectivity index (χ2v) is 8.75. The molecule has 23 heavy (non-hydrogen) atoms. The number of benzene rings is 1. The van der Waals surface area contributed by atoms with Crippen LogP contribution in [0, 0.1) is 0 Å². The number of hydrogen-bond donors (Lipinski definition) is 1. The van der Waals surface area contributed by atoms with Crippen molar-refractivity contribution in [3.05, 3.63) is 41.4 Å². The molecule has 0 spiro atoms. The van der Waals surface area contributed by atoms with E-state index in [1.165, 1.54) is 28.7 Å². The van der Waals surface area contributed by atoms with E-state index in [0.717, 1.165) is 10.8 Å². The third-order valence-electron chi connectivity index (χ3n) is 3.75. The maximum atomic E-state index is 12.3. The van der Waals surface area contributed by atoms with Gasteiger partial charge in [0.05, 0.1) is 5.25 Å². The Labute approximate surface area is 146 Å². The summed E-state index contributed by atoms with van der Waals surface area (Å²) in [6, 6.07) is 10.5. The minimum atomic E-state index is -0.176. The minimum Gasteiger partial charge on any atom is -0.353 e. The molecule has 0 aliphatic rings. The Morgan fingerprint density at radius 3 is 2.61 bits per heavy atom. The molecule has 1 aromatic carbocycles. The van der Waals surface area contributed by atoms with Gasteiger partial charge in [-0.25, -0.2) is 0 Å². The summed E-state index contributed by atoms with van der Waals surface area (Å²) in [5.41, 5.74) is 2.99. The predicted molar refractivity (Wildman–Crippen MR) is 96.9 cm³/mol. The van der Waals surface area contributed by atoms with E-state index < -0.39 is 0 Å². The van der Waals surface area contributed by atoms with Crippen molar-refractivity contribution in [3.63, 3.8) is 0 Å². The van der Waals surface area contributed by atoms with Gasteiger partial charge in [-0.05, 0) is 31.2 Å². The first-order valence-electron chi connectivity index (χ1n) is 7.67. The molecular weight excluding hydrogens is 326 g/mol. The van der Waals surface area contributed by atoms with Gasteiger partial charge in [0, 0.05) is 6.04 Å². The normalized spacial score (nSPS) is 14.3. The van der Waals surface area contributed by atoms with Crippen molar-refractivity contribution in [2.45, 2.75) is 55.2 Å². The number of nitrogens with zero attached hydrogens (tertiary/aromatic N) is 2. The molecule has 0 aliphatic carbocycles. The molecule has 0 aliphatic heterocycles. The third-order valence-corrected chi connectivity index (χ3v) is 5.66. The lowest BCUT2D eigenvalue weighted by Gasteiger charge is -2.29. The maximum Gasteiger partial charge on any atom is 0.233 e. The Balaban J connectivity index is 1.88. The summed E-state index contributed by atoms with van der Waals surface area (Å²) in [5.74, 6) is 0.0431. The van der Waals surface area contributed by atoms with E-state index in [9.17, 15) is 4.79 Å². The maximum absolute atomic E-state index is 12.3. The van der Waals surface area contributed by atoms with Crippen molar-refractivity contribution in [2.75, 3.05) is 0 Å². The van der Waals surface area contributed by atoms with E-state index in [0.29, 0.717) is 0 Å². The van der Waals surface area contributed by atoms with E-state index in [-0.39, 0.29) is 22.6 Å². The lowest BCUT2D eigenvalue weighted by Crippen LogP contribution is -2.40. The van der Waals surface area contributed by atoms with Gasteiger partial charge in [0.2, 0.25) is 5.91 Å². The van der Waals surface area contributed by atoms with Gasteiger partial charge >= 0.3 is 0 Å². The highest BCUT2D eigenvalue weighted by Gasteiger charge is 2.25. The summed E-state index contributed by atoms with van der Waals surface area (Å²) >= 11 is 2.90. The third kappa shape index (κ3) is 5.32. The molecule has 6 heteroatoms. The number of hydrogen-bond acceptors (Lipinski definition) is 5. The Kier molecular flexibility index (Phi) is 6.18. The molecule has 2 aromatic rings. The van der Waals surface area contributed by atoms with Crippen molar-refractivity contribution < 1.29 is 4.79 Å². The molecule has 1 heterocycles. The molecule has 2 rings (SSSR count). The minimum absolute atomic E-state index is 0.0174. The highest BCUT2D eigenvalue weighted by Crippen LogP contribution is 2.29. The number of amides is 1. The van der Waals surface area contributed by atoms with Crippen LogP contribution in [0.15, 0.2) is 40.2 Å². The number of carbonyl (C=O) groups is 1. The molecule has 1 N–H and O–H groups in total. The van der Waals surface area contributed by atoms with Crippen LogP contribution in [0.3, 0.4) is 0 Å². The van der Waals surface area contributed by atoms with Gasteiger partial charge in [-0.15, -0.1) is 10.2 Å². The second-order valence-electron chi connectivity index (χ2n) is 6.33. The summed E-state index contributed by atoms with van der Waals surface area (Å²) in [4.78, 5) is 12.3. The van der Waals surface area contributed by atoms with Crippen molar-refractivity contribution >= 4 is 29.0 Å². The van der Waals surface area contributed by atoms with Crippen molar-refractivity contribution in [3.8, 4) is 0 Å². The summed E-state index contributed by atoms with van der Waals surface area (Å²) in [7, 11) is 0. The first-order chi connectivity index (χ1) is 10.9. The summed E-state index contributed by atoms with van der Waals surface area (Å²) in [6.45, 7) is 8.39. The fraction of sp³-hybridized carbons (Fsp3) is 0.471. The van der Waals surface area contributed by atoms with Crippen LogP contribution in [-0.4, -0.2) is 27.4 Å². The molecule has 0 bridgehead atoms. The molecule has 1 aromatic heterocycles. The number of carbonyl (C=O) groups excluding carboxylic acids is 1. The van der Waals surface area contributed by atoms with Gasteiger partial charge in [-0.3, -0.25) is 4.79 Å². The molecule has 124 valence electrons. The molecule has 0 radical (unpaired) electrons. The highest BCUT2D eigenvalue weighted by molar-refractivity contribution is 8.02. The van der Waals surface area contributed by atoms with E-state index in [2.05, 4.69) is 60.6 Å². The Morgan fingerprint density at radius 2 is 2.00 bits per heavy atom. The topological polar surface area (TPSA) is 54.9 Å². The van der Waals surface area contributed by atoms with Crippen LogP contribution in [-0.2, 0) is 10.2 Å². The zero-order valence-corrected chi connectivity index (χ0v) is 15.6. The van der Waals surface area contributed by atoms with Gasteiger partial charge in [0.1, 0.15) is 5.51 Å². The molecule has 4 nitrogen and oxygen atoms in total. The number of thioether (sulfide) groups is 1. The molecular formula is C17H23N3OS2. The van der Waals surface area contributed by atoms with Crippen molar-refractivity contribution in [2.24, 2.45) is 0 Å². The smallest absolute Gasteiger partial charge is 0.233 e. The summed E-state index contributed by atoms with van der Waals surface area (Å²) in [5, 5.41) is 10.7. The van der Waals surface area contributed by atoms with E-state index in [1.807, 2.05) is 13.0 Å². The largest absolute Gasteiger partial charge is 0.353 e. The number of aromatic nitrogens is 2. The first-order valence-corrected chi connectivity index (χ1v) is 9.43. The van der Waals surface area contributed by atoms with Crippen molar-refractivity contribution in [1.29, 1.82) is 0 Å². The molecule has 0 fully saturated rings. The zero-order chi connectivity index (χ0) is 16.9. The van der Waals surface area contributed by atoms with Crippen LogP contribution in [0.2, 0.25) is 0 Å². The monoisotopic (exact) mass is 349 g/mol. The molecule has 0 saturated carbocycles. The van der Waals surface area contributed by atoms with Crippen LogP contribution < -0.4 is 5.32 Å². The lowest BCUT2D eigenvalue weighted by molar-refractivity contribution is -0.121. The van der Waals surface area contributed by atoms with E-state index in [1.54, 1.807) is 5.51 Å². The van der Waals surface area contributed by atoms with Crippen LogP contribution >= 0.6 is 23.1 Å². The van der Waals surface area contributed by atoms with Gasteiger partial charge in [0.15, 0.2) is 4.34 Å². The van der Waals surface area contributed by atoms with Crippen molar-refractivity contribution in [1.82, 2.24) is 15.5 Å². The second kappa shape index (κ2) is 7.93. The predicted octanol–water partition coefficient (Wildman–Crippen LogP) is 3.89. The van der Waals surface area contributed by atoms with Gasteiger partial charge in [-0.1, -0.05) is 67.3 Å². The Bertz CT molecular complexity index is 614. The summed E-state index contributed by atoms with van der Waals surface area (Å²) in [6.07, 6.45) is 0.888. The van der Waals surface area contributed by atoms with Crippen LogP contribution in [0.4, 0.5) is 0 Å². The van der Waals surface area contributed by atoms with Gasteiger partial charge < -0.3 is 5.32 Å². The van der Waals surface area contributed by atoms with Gasteiger partial charge in [0.25, 0.3) is 0 Å². The summed E-state index contributed by atoms with van der Waals surface area (Å²) < 4.78 is 0.824. The van der Waals surface area contributed by atoms with Crippen LogP contribution in [0.5, 0.6) is 0 Å². The average Bonchev–Trinajstić information content (AvgIpc) is 3.00. The number of nitrogens with one attached hydrogen (secondary N) is 1. The van der Waals surface area contributed by atoms with E-state index in [4.69, 9.17) is 0 Å². The molecule has 1 amide bonds. The highest BCUT2D eigenvalue weighted by atomic mass is 32.2. The van der Waals surface area contributed by atoms with Gasteiger partial charge in [-0.2, -0.15) is 0 Å². The fourth-order valence-corrected chi connectivity index (χ4v) is 4.24. The lowest BCUT2D eigenvalue weighted by atomic mass is 9.79. The van der Waals surface area contributed by atoms with E-state index >= 15 is 0 Å². The fourth-order valence-electron chi connectivity index (χ4n) is 2.60. The van der Waals surface area contributed by atoms with Crippen LogP contribution in [0.1, 0.15) is 39.7 Å². The molecule has 0 saturated heterocycles. The first kappa shape index (κ1) is 17.9. The quantitative estimate of drug-likeness (QED) is 0.771. The standard InChI is InChI=1S/C17H23N3OS2/c1-12(10-17(3,4)14-8-6-5-7-9-14)19-15(21)13(2)23-16-20-18-11-22-16/h5-9,11-13H,10H2,1-4H3,(H,19,21)/t12-,13+/m1/s1. The Hall–Kier alpha value is -1.40. The average molecular weight is 350 g/mol. The molecule has 2 atom stereocenters. The number of rotatable bonds is 7. The van der Waals surface area contributed by atoms with Crippen LogP contribution in [0.25, 0.3) is 0 Å². The zero-order valence-electron chi connectivity index (χ0n) is 13.9. The SMILES string of the molecule is C[C@H](CC(C)(C)c1ccccc1)NC(=O)[C@H](C)Sc1nncs1. The molecule has 0 unspecified atom stereocenters.